The van der Waals surface area contributed by atoms with Gasteiger partial charge in [0.2, 0.25) is 11.8 Å². The van der Waals surface area contributed by atoms with Crippen molar-refractivity contribution in [3.8, 4) is 0 Å². The molecule has 2 aliphatic heterocycles. The Morgan fingerprint density at radius 2 is 2.17 bits per heavy atom. The summed E-state index contributed by atoms with van der Waals surface area (Å²) in [4.78, 5) is 29.9. The third-order valence-corrected chi connectivity index (χ3v) is 6.71. The number of nitrogens with zero attached hydrogens (tertiary/aromatic N) is 7. The largest absolute Gasteiger partial charge is 0.341 e. The Morgan fingerprint density at radius 1 is 1.41 bits per heavy atom. The smallest absolute Gasteiger partial charge is 0.249 e. The van der Waals surface area contributed by atoms with Crippen molar-refractivity contribution < 1.29 is 9.59 Å². The molecule has 0 spiro atoms. The van der Waals surface area contributed by atoms with E-state index >= 15 is 0 Å². The fraction of sp³-hybridized carbons (Fsp3) is 0.471. The molecule has 3 heterocycles. The van der Waals surface area contributed by atoms with Gasteiger partial charge in [0.15, 0.2) is 5.82 Å². The second kappa shape index (κ2) is 7.37. The van der Waals surface area contributed by atoms with Gasteiger partial charge < -0.3 is 10.2 Å². The summed E-state index contributed by atoms with van der Waals surface area (Å²) in [5.41, 5.74) is 10.1. The van der Waals surface area contributed by atoms with E-state index in [-0.39, 0.29) is 40.9 Å². The normalized spacial score (nSPS) is 24.4. The average Bonchev–Trinajstić information content (AvgIpc) is 3.29. The van der Waals surface area contributed by atoms with Crippen molar-refractivity contribution in [3.63, 3.8) is 0 Å². The van der Waals surface area contributed by atoms with Gasteiger partial charge in [-0.2, -0.15) is 5.21 Å². The van der Waals surface area contributed by atoms with Crippen molar-refractivity contribution in [3.05, 3.63) is 51.7 Å². The molecule has 1 aromatic heterocycles. The highest BCUT2D eigenvalue weighted by molar-refractivity contribution is 8.01. The van der Waals surface area contributed by atoms with E-state index in [0.717, 1.165) is 11.1 Å². The number of tetrazole rings is 1. The lowest BCUT2D eigenvalue weighted by atomic mass is 9.95. The van der Waals surface area contributed by atoms with Gasteiger partial charge in [0.25, 0.3) is 0 Å². The van der Waals surface area contributed by atoms with E-state index in [1.54, 1.807) is 16.7 Å². The van der Waals surface area contributed by atoms with Crippen molar-refractivity contribution in [2.45, 2.75) is 49.0 Å². The van der Waals surface area contributed by atoms with Gasteiger partial charge in [0, 0.05) is 9.66 Å². The Hall–Kier alpha value is -3.11. The molecule has 0 saturated carbocycles. The highest BCUT2D eigenvalue weighted by Crippen LogP contribution is 2.56. The van der Waals surface area contributed by atoms with E-state index in [2.05, 4.69) is 36.0 Å². The summed E-state index contributed by atoms with van der Waals surface area (Å²) in [7, 11) is 0. The summed E-state index contributed by atoms with van der Waals surface area (Å²) in [5, 5.41) is 20.4. The van der Waals surface area contributed by atoms with Crippen molar-refractivity contribution in [1.82, 2.24) is 30.8 Å². The predicted octanol–water partition coefficient (Wildman–Crippen LogP) is 1.47. The Morgan fingerprint density at radius 3 is 2.86 bits per heavy atom. The van der Waals surface area contributed by atoms with Gasteiger partial charge in [-0.05, 0) is 30.5 Å². The second-order valence-electron chi connectivity index (χ2n) is 7.41. The van der Waals surface area contributed by atoms with Crippen LogP contribution in [0.15, 0.2) is 29.4 Å². The fourth-order valence-electron chi connectivity index (χ4n) is 3.84. The molecule has 1 aromatic carbocycles. The van der Waals surface area contributed by atoms with E-state index in [1.165, 1.54) is 0 Å². The molecule has 0 radical (unpaired) electrons. The molecule has 4 rings (SSSR count). The molecule has 2 amide bonds. The van der Waals surface area contributed by atoms with Crippen LogP contribution in [0.2, 0.25) is 0 Å². The summed E-state index contributed by atoms with van der Waals surface area (Å²) < 4.78 is -0.314. The van der Waals surface area contributed by atoms with E-state index in [4.69, 9.17) is 5.53 Å². The number of azide groups is 1. The first-order valence-corrected chi connectivity index (χ1v) is 9.90. The lowest BCUT2D eigenvalue weighted by molar-refractivity contribution is -0.151. The maximum atomic E-state index is 12.8. The number of nitrogens with one attached hydrogen (secondary N) is 2. The quantitative estimate of drug-likeness (QED) is 0.316. The van der Waals surface area contributed by atoms with Crippen LogP contribution in [0, 0.1) is 0 Å². The Bertz CT molecular complexity index is 987. The van der Waals surface area contributed by atoms with E-state index in [1.807, 2.05) is 38.1 Å². The minimum atomic E-state index is -0.590. The lowest BCUT2D eigenvalue weighted by Gasteiger charge is -2.44. The zero-order chi connectivity index (χ0) is 20.6. The molecule has 2 unspecified atom stereocenters. The van der Waals surface area contributed by atoms with Gasteiger partial charge in [-0.15, -0.1) is 22.0 Å². The number of fused-ring (bicyclic) bond motifs is 1. The number of carbonyl (C=O) groups is 2. The maximum Gasteiger partial charge on any atom is 0.249 e. The average molecular weight is 413 g/mol. The third kappa shape index (κ3) is 3.40. The molecule has 150 valence electrons. The highest BCUT2D eigenvalue weighted by atomic mass is 32.2. The number of hydrogen-bond acceptors (Lipinski definition) is 7. The van der Waals surface area contributed by atoms with Crippen LogP contribution in [-0.2, 0) is 22.6 Å². The van der Waals surface area contributed by atoms with Crippen LogP contribution in [-0.4, -0.2) is 53.5 Å². The van der Waals surface area contributed by atoms with Gasteiger partial charge in [-0.25, -0.2) is 0 Å². The number of aromatic nitrogens is 4. The zero-order valence-electron chi connectivity index (χ0n) is 15.8. The number of aromatic amines is 1. The molecule has 2 aromatic rings. The molecule has 2 aliphatic rings. The number of β-lactam (4-membered cyclic amide) rings is 1. The number of amides is 2. The monoisotopic (exact) mass is 413 g/mol. The van der Waals surface area contributed by atoms with Crippen molar-refractivity contribution in [2.24, 2.45) is 5.11 Å². The Labute approximate surface area is 170 Å². The minimum absolute atomic E-state index is 0.107. The molecule has 0 aliphatic carbocycles. The van der Waals surface area contributed by atoms with Crippen LogP contribution in [0.4, 0.5) is 0 Å². The third-order valence-electron chi connectivity index (χ3n) is 5.14. The lowest BCUT2D eigenvalue weighted by Crippen LogP contribution is -2.68. The second-order valence-corrected chi connectivity index (χ2v) is 9.18. The number of carbonyl (C=O) groups excluding carboxylic acids is 2. The van der Waals surface area contributed by atoms with E-state index in [0.29, 0.717) is 5.82 Å². The van der Waals surface area contributed by atoms with Crippen molar-refractivity contribution in [1.29, 1.82) is 0 Å². The summed E-state index contributed by atoms with van der Waals surface area (Å²) >= 11 is 1.61. The van der Waals surface area contributed by atoms with Crippen LogP contribution < -0.4 is 5.32 Å². The molecule has 2 N–H and O–H groups in total. The molecule has 2 saturated heterocycles. The maximum absolute atomic E-state index is 12.8. The fourth-order valence-corrected chi connectivity index (χ4v) is 5.47. The summed E-state index contributed by atoms with van der Waals surface area (Å²) in [6.45, 7) is 4.22. The number of H-pyrrole nitrogens is 1. The topological polar surface area (TPSA) is 153 Å². The Kier molecular flexibility index (Phi) is 4.89. The van der Waals surface area contributed by atoms with Crippen LogP contribution >= 0.6 is 11.8 Å². The number of benzene rings is 1. The Balaban J connectivity index is 1.45. The summed E-state index contributed by atoms with van der Waals surface area (Å²) in [5.74, 6) is 0.0616. The SMILES string of the molecule is CC1(C)S[C@@H]2C(NC(=O)Cc3ccccc3CN=[N+]=[N-])C(=O)N2C1c1nn[nH]n1. The summed E-state index contributed by atoms with van der Waals surface area (Å²) in [6.07, 6.45) is 0.107. The highest BCUT2D eigenvalue weighted by Gasteiger charge is 2.63. The first-order chi connectivity index (χ1) is 13.9. The molecule has 11 nitrogen and oxygen atoms in total. The minimum Gasteiger partial charge on any atom is -0.341 e. The van der Waals surface area contributed by atoms with Crippen LogP contribution in [0.3, 0.4) is 0 Å². The summed E-state index contributed by atoms with van der Waals surface area (Å²) in [6, 6.07) is 6.39. The first-order valence-electron chi connectivity index (χ1n) is 9.02. The van der Waals surface area contributed by atoms with Crippen LogP contribution in [0.25, 0.3) is 10.4 Å². The molecular weight excluding hydrogens is 394 g/mol. The van der Waals surface area contributed by atoms with Crippen LogP contribution in [0.5, 0.6) is 0 Å². The standard InChI is InChI=1S/C17H19N9O2S/c1-17(2)13(14-21-24-25-22-14)26-15(28)12(16(26)29-17)20-11(27)7-9-5-3-4-6-10(9)8-19-23-18/h3-6,12-13,16H,7-8H2,1-2H3,(H,20,27)(H,21,22,24,25)/t12?,13?,16-/m1/s1. The molecular formula is C17H19N9O2S. The van der Waals surface area contributed by atoms with Gasteiger partial charge >= 0.3 is 0 Å². The predicted molar refractivity (Wildman–Crippen MR) is 104 cm³/mol. The van der Waals surface area contributed by atoms with Crippen molar-refractivity contribution >= 4 is 23.6 Å². The molecule has 3 atom stereocenters. The van der Waals surface area contributed by atoms with Crippen LogP contribution in [0.1, 0.15) is 36.8 Å². The van der Waals surface area contributed by atoms with E-state index in [9.17, 15) is 9.59 Å². The van der Waals surface area contributed by atoms with Gasteiger partial charge in [-0.3, -0.25) is 9.59 Å². The molecule has 2 fully saturated rings. The van der Waals surface area contributed by atoms with Crippen molar-refractivity contribution in [2.75, 3.05) is 0 Å². The molecule has 12 heteroatoms. The number of hydrogen-bond donors (Lipinski definition) is 2. The van der Waals surface area contributed by atoms with Gasteiger partial charge in [0.05, 0.1) is 13.0 Å². The van der Waals surface area contributed by atoms with E-state index < -0.39 is 6.04 Å². The van der Waals surface area contributed by atoms with Gasteiger partial charge in [0.1, 0.15) is 17.5 Å². The molecule has 29 heavy (non-hydrogen) atoms. The molecule has 0 bridgehead atoms. The van der Waals surface area contributed by atoms with Gasteiger partial charge in [-0.1, -0.05) is 34.6 Å². The zero-order valence-corrected chi connectivity index (χ0v) is 16.6. The number of thioether (sulfide) groups is 1. The number of rotatable bonds is 6. The first kappa shape index (κ1) is 19.2.